The second-order valence-electron chi connectivity index (χ2n) is 35.8. The van der Waals surface area contributed by atoms with Crippen LogP contribution in [0.25, 0.3) is 286 Å². The molecule has 0 radical (unpaired) electrons. The van der Waals surface area contributed by atoms with Crippen LogP contribution in [0.5, 0.6) is 0 Å². The fraction of sp³-hybridized carbons (Fsp3) is 0. The molecule has 0 aliphatic heterocycles. The van der Waals surface area contributed by atoms with Gasteiger partial charge in [-0.1, -0.05) is 340 Å². The SMILES string of the molecule is c1ccc(-c2cc(-c3ccccc3)cc(-c3nc(-c4ccc5c(c4)oc4ccccc45)nc(-c4ccc5c(c4)oc4ccccc45)n3)c2)cc1.c1ccc(-c2cccc(-c3ccc(-c4nc(-c5ccc6c(c5)oc5ccccc56)nc(-c5ccc6c(c5)oc5ccccc56)n4)cc3)c2)cc1.c1ccc(-c2cccc(-c3nc(-c4ccc5c(c4)sc4ccccc45)nc(-c4ccc5c(c4)sc4ccccc45)n3)c2)cc1. The van der Waals surface area contributed by atoms with E-state index in [4.69, 9.17) is 62.5 Å². The van der Waals surface area contributed by atoms with Crippen LogP contribution in [0.3, 0.4) is 0 Å². The van der Waals surface area contributed by atoms with Gasteiger partial charge in [-0.3, -0.25) is 0 Å². The van der Waals surface area contributed by atoms with Crippen molar-refractivity contribution in [1.82, 2.24) is 44.9 Å². The van der Waals surface area contributed by atoms with Crippen molar-refractivity contribution in [2.75, 3.05) is 0 Å². The second kappa shape index (κ2) is 35.8. The highest BCUT2D eigenvalue weighted by molar-refractivity contribution is 7.26. The number of nitrogens with zero attached hydrogens (tertiary/aromatic N) is 9. The Balaban J connectivity index is 0.000000108. The molecule has 144 heavy (non-hydrogen) atoms. The van der Waals surface area contributed by atoms with Crippen LogP contribution in [0.1, 0.15) is 0 Å². The fourth-order valence-electron chi connectivity index (χ4n) is 19.6. The summed E-state index contributed by atoms with van der Waals surface area (Å²) in [5.41, 5.74) is 26.0. The van der Waals surface area contributed by atoms with Gasteiger partial charge in [0.05, 0.1) is 0 Å². The summed E-state index contributed by atoms with van der Waals surface area (Å²) in [7, 11) is 0. The maximum Gasteiger partial charge on any atom is 0.164 e. The van der Waals surface area contributed by atoms with Gasteiger partial charge in [0.2, 0.25) is 0 Å². The Morgan fingerprint density at radius 2 is 0.306 bits per heavy atom. The quantitative estimate of drug-likeness (QED) is 0.101. The Bertz CT molecular complexity index is 9620. The number of benzene rings is 20. The van der Waals surface area contributed by atoms with Crippen molar-refractivity contribution in [3.8, 4) is 158 Å². The van der Waals surface area contributed by atoms with Gasteiger partial charge in [-0.05, 0) is 183 Å². The van der Waals surface area contributed by atoms with E-state index in [9.17, 15) is 0 Å². The number of para-hydroxylation sites is 4. The topological polar surface area (TPSA) is 169 Å². The molecule has 674 valence electrons. The van der Waals surface area contributed by atoms with Gasteiger partial charge in [0, 0.05) is 134 Å². The summed E-state index contributed by atoms with van der Waals surface area (Å²) in [5.74, 6) is 5.42. The zero-order valence-electron chi connectivity index (χ0n) is 76.9. The molecule has 0 bridgehead atoms. The first kappa shape index (κ1) is 84.4. The van der Waals surface area contributed by atoms with Crippen molar-refractivity contribution in [3.63, 3.8) is 0 Å². The molecule has 0 saturated heterocycles. The van der Waals surface area contributed by atoms with Crippen LogP contribution in [0.4, 0.5) is 0 Å². The zero-order chi connectivity index (χ0) is 95.1. The summed E-state index contributed by atoms with van der Waals surface area (Å²) in [6.45, 7) is 0. The molecule has 20 aromatic carbocycles. The van der Waals surface area contributed by atoms with Crippen LogP contribution >= 0.6 is 22.7 Å². The number of thiophene rings is 2. The first-order valence-corrected chi connectivity index (χ1v) is 49.3. The molecule has 9 heterocycles. The normalized spacial score (nSPS) is 11.6. The highest BCUT2D eigenvalue weighted by Gasteiger charge is 2.24. The average Bonchev–Trinajstić information content (AvgIpc) is 1.54. The molecule has 0 aliphatic carbocycles. The third-order valence-corrected chi connectivity index (χ3v) is 29.1. The Labute approximate surface area is 832 Å². The Hall–Kier alpha value is -18.9. The molecule has 0 N–H and O–H groups in total. The molecule has 29 aromatic rings. The van der Waals surface area contributed by atoms with E-state index < -0.39 is 0 Å². The third-order valence-electron chi connectivity index (χ3n) is 26.8. The van der Waals surface area contributed by atoms with Gasteiger partial charge in [-0.15, -0.1) is 22.7 Å². The van der Waals surface area contributed by atoms with Gasteiger partial charge in [-0.2, -0.15) is 0 Å². The van der Waals surface area contributed by atoms with E-state index in [0.717, 1.165) is 182 Å². The van der Waals surface area contributed by atoms with Crippen molar-refractivity contribution in [2.24, 2.45) is 0 Å². The molecular formula is C129H77N9O4S2. The van der Waals surface area contributed by atoms with E-state index in [2.05, 4.69) is 346 Å². The first-order chi connectivity index (χ1) is 71.2. The van der Waals surface area contributed by atoms with Crippen LogP contribution < -0.4 is 0 Å². The molecule has 9 aromatic heterocycles. The molecule has 29 rings (SSSR count). The number of hydrogen-bond acceptors (Lipinski definition) is 15. The lowest BCUT2D eigenvalue weighted by Gasteiger charge is -2.12. The highest BCUT2D eigenvalue weighted by atomic mass is 32.1. The molecule has 13 nitrogen and oxygen atoms in total. The number of furan rings is 4. The van der Waals surface area contributed by atoms with E-state index in [1.165, 1.54) is 51.5 Å². The minimum atomic E-state index is 0.559. The molecule has 0 atom stereocenters. The van der Waals surface area contributed by atoms with Crippen molar-refractivity contribution in [3.05, 3.63) is 467 Å². The molecule has 0 saturated carbocycles. The molecule has 0 fully saturated rings. The van der Waals surface area contributed by atoms with Crippen LogP contribution in [0.2, 0.25) is 0 Å². The molecular weight excluding hydrogens is 1800 g/mol. The monoisotopic (exact) mass is 1880 g/mol. The van der Waals surface area contributed by atoms with Crippen LogP contribution in [0, 0.1) is 0 Å². The molecule has 0 aliphatic rings. The largest absolute Gasteiger partial charge is 0.456 e. The summed E-state index contributed by atoms with van der Waals surface area (Å²) >= 11 is 3.61. The third kappa shape index (κ3) is 16.0. The standard InChI is InChI=1S/2C45H27N3O2.C39H23N3S2/c1-3-11-28(12-4-1)32-23-33(29-13-5-2-6-14-29)25-34(24-32)45-47-43(30-19-21-37-35-15-7-9-17-39(35)49-41(37)26-30)46-44(48-45)31-20-22-38-36-16-8-10-18-40(36)50-42(38)27-31;1-2-9-28(10-3-1)31-11-8-12-32(25-31)29-17-19-30(20-18-29)43-46-44(33-21-23-37-35-13-4-6-15-39(35)49-41(37)26-33)48-45(47-43)34-22-24-38-36-14-5-7-16-40(36)50-42(38)27-34;1-2-9-24(10-3-1)25-11-8-12-26(21-25)37-40-38(27-17-19-31-29-13-4-6-15-33(29)43-35(31)22-27)42-39(41-37)28-18-20-32-30-14-5-7-16-34(30)44-36(32)23-28/h2*1-27H;1-23H. The maximum absolute atomic E-state index is 6.27. The molecule has 0 spiro atoms. The van der Waals surface area contributed by atoms with E-state index >= 15 is 0 Å². The molecule has 0 unspecified atom stereocenters. The van der Waals surface area contributed by atoms with E-state index in [-0.39, 0.29) is 0 Å². The number of aromatic nitrogens is 9. The number of fused-ring (bicyclic) bond motifs is 18. The summed E-state index contributed by atoms with van der Waals surface area (Å²) in [6, 6.07) is 161. The predicted molar refractivity (Wildman–Crippen MR) is 590 cm³/mol. The van der Waals surface area contributed by atoms with Crippen molar-refractivity contribution >= 4 is 151 Å². The lowest BCUT2D eigenvalue weighted by Crippen LogP contribution is -2.00. The van der Waals surface area contributed by atoms with Gasteiger partial charge in [-0.25, -0.2) is 44.9 Å². The lowest BCUT2D eigenvalue weighted by atomic mass is 9.96. The summed E-state index contributed by atoms with van der Waals surface area (Å²) in [4.78, 5) is 45.7. The van der Waals surface area contributed by atoms with Crippen LogP contribution in [-0.2, 0) is 0 Å². The number of rotatable bonds is 14. The van der Waals surface area contributed by atoms with Gasteiger partial charge < -0.3 is 17.7 Å². The Kier molecular flexibility index (Phi) is 21.0. The van der Waals surface area contributed by atoms with Gasteiger partial charge in [0.15, 0.2) is 52.4 Å². The Morgan fingerprint density at radius 3 is 0.639 bits per heavy atom. The minimum Gasteiger partial charge on any atom is -0.456 e. The Morgan fingerprint density at radius 1 is 0.111 bits per heavy atom. The fourth-order valence-corrected chi connectivity index (χ4v) is 21.9. The zero-order valence-corrected chi connectivity index (χ0v) is 78.6. The van der Waals surface area contributed by atoms with Crippen LogP contribution in [-0.4, -0.2) is 44.9 Å². The van der Waals surface area contributed by atoms with Crippen molar-refractivity contribution in [1.29, 1.82) is 0 Å². The maximum atomic E-state index is 6.27. The predicted octanol–water partition coefficient (Wildman–Crippen LogP) is 35.3. The van der Waals surface area contributed by atoms with E-state index in [1.807, 2.05) is 121 Å². The second-order valence-corrected chi connectivity index (χ2v) is 37.9. The smallest absolute Gasteiger partial charge is 0.164 e. The van der Waals surface area contributed by atoms with Gasteiger partial charge >= 0.3 is 0 Å². The average molecular weight is 1880 g/mol. The van der Waals surface area contributed by atoms with Crippen molar-refractivity contribution < 1.29 is 17.7 Å². The van der Waals surface area contributed by atoms with E-state index in [1.54, 1.807) is 22.7 Å². The number of hydrogen-bond donors (Lipinski definition) is 0. The van der Waals surface area contributed by atoms with E-state index in [0.29, 0.717) is 52.4 Å². The van der Waals surface area contributed by atoms with Gasteiger partial charge in [0.1, 0.15) is 44.7 Å². The lowest BCUT2D eigenvalue weighted by molar-refractivity contribution is 0.668. The summed E-state index contributed by atoms with van der Waals surface area (Å²) < 4.78 is 30.0. The van der Waals surface area contributed by atoms with Crippen molar-refractivity contribution in [2.45, 2.75) is 0 Å². The minimum absolute atomic E-state index is 0.559. The molecule has 15 heteroatoms. The molecule has 0 amide bonds. The highest BCUT2D eigenvalue weighted by Crippen LogP contribution is 2.45. The first-order valence-electron chi connectivity index (χ1n) is 47.7. The summed E-state index contributed by atoms with van der Waals surface area (Å²) in [5, 5.41) is 13.6. The van der Waals surface area contributed by atoms with Crippen LogP contribution in [0.15, 0.2) is 485 Å². The van der Waals surface area contributed by atoms with Gasteiger partial charge in [0.25, 0.3) is 0 Å². The summed E-state index contributed by atoms with van der Waals surface area (Å²) in [6.07, 6.45) is 0.